The molecule has 1 aliphatic heterocycles. The average Bonchev–Trinajstić information content (AvgIpc) is 2.36. The number of primary amides is 2. The van der Waals surface area contributed by atoms with Crippen molar-refractivity contribution in [1.29, 1.82) is 0 Å². The molecule has 1 rings (SSSR count). The molecule has 1 saturated heterocycles. The van der Waals surface area contributed by atoms with Crippen molar-refractivity contribution in [2.24, 2.45) is 11.5 Å². The van der Waals surface area contributed by atoms with Gasteiger partial charge in [-0.25, -0.2) is 0 Å². The monoisotopic (exact) mass is 271 g/mol. The molecule has 5 N–H and O–H groups in total. The average molecular weight is 271 g/mol. The van der Waals surface area contributed by atoms with Crippen LogP contribution in [0.15, 0.2) is 0 Å². The second kappa shape index (κ2) is 7.05. The summed E-state index contributed by atoms with van der Waals surface area (Å²) in [5.41, 5.74) is 10.2. The third-order valence-electron chi connectivity index (χ3n) is 3.05. The number of amides is 3. The molecular formula is C11H21N5O3. The SMILES string of the molecule is CC(C(=O)N1CCNCC1)N(CC(N)=O)CC(N)=O. The molecular weight excluding hydrogens is 250 g/mol. The Morgan fingerprint density at radius 2 is 1.63 bits per heavy atom. The predicted octanol–water partition coefficient (Wildman–Crippen LogP) is -2.92. The molecule has 8 heteroatoms. The summed E-state index contributed by atoms with van der Waals surface area (Å²) >= 11 is 0. The van der Waals surface area contributed by atoms with Crippen molar-refractivity contribution in [3.63, 3.8) is 0 Å². The second-order valence-corrected chi connectivity index (χ2v) is 4.59. The number of carbonyl (C=O) groups excluding carboxylic acids is 3. The van der Waals surface area contributed by atoms with Crippen LogP contribution in [0.4, 0.5) is 0 Å². The van der Waals surface area contributed by atoms with Crippen molar-refractivity contribution in [3.8, 4) is 0 Å². The largest absolute Gasteiger partial charge is 0.369 e. The minimum Gasteiger partial charge on any atom is -0.369 e. The summed E-state index contributed by atoms with van der Waals surface area (Å²) in [6, 6.07) is -0.599. The smallest absolute Gasteiger partial charge is 0.239 e. The molecule has 19 heavy (non-hydrogen) atoms. The first-order valence-corrected chi connectivity index (χ1v) is 6.22. The molecule has 0 radical (unpaired) electrons. The topological polar surface area (TPSA) is 122 Å². The fraction of sp³-hybridized carbons (Fsp3) is 0.727. The zero-order chi connectivity index (χ0) is 14.4. The van der Waals surface area contributed by atoms with Crippen molar-refractivity contribution < 1.29 is 14.4 Å². The Bertz CT molecular complexity index is 338. The molecule has 108 valence electrons. The Morgan fingerprint density at radius 1 is 1.16 bits per heavy atom. The van der Waals surface area contributed by atoms with E-state index in [2.05, 4.69) is 5.32 Å². The van der Waals surface area contributed by atoms with Crippen LogP contribution >= 0.6 is 0 Å². The number of nitrogens with two attached hydrogens (primary N) is 2. The van der Waals surface area contributed by atoms with E-state index in [-0.39, 0.29) is 19.0 Å². The van der Waals surface area contributed by atoms with Gasteiger partial charge in [0.15, 0.2) is 0 Å². The number of hydrogen-bond donors (Lipinski definition) is 3. The predicted molar refractivity (Wildman–Crippen MR) is 68.9 cm³/mol. The van der Waals surface area contributed by atoms with Crippen LogP contribution in [0, 0.1) is 0 Å². The van der Waals surface area contributed by atoms with E-state index < -0.39 is 17.9 Å². The minimum atomic E-state index is -0.599. The van der Waals surface area contributed by atoms with Crippen molar-refractivity contribution >= 4 is 17.7 Å². The lowest BCUT2D eigenvalue weighted by Gasteiger charge is -2.33. The molecule has 0 bridgehead atoms. The van der Waals surface area contributed by atoms with E-state index >= 15 is 0 Å². The molecule has 0 aromatic rings. The summed E-state index contributed by atoms with van der Waals surface area (Å²) < 4.78 is 0. The van der Waals surface area contributed by atoms with Gasteiger partial charge in [0, 0.05) is 26.2 Å². The van der Waals surface area contributed by atoms with Gasteiger partial charge in [-0.05, 0) is 6.92 Å². The third kappa shape index (κ3) is 4.84. The first-order chi connectivity index (χ1) is 8.91. The number of rotatable bonds is 6. The van der Waals surface area contributed by atoms with E-state index in [1.807, 2.05) is 0 Å². The summed E-state index contributed by atoms with van der Waals surface area (Å²) in [4.78, 5) is 37.3. The van der Waals surface area contributed by atoms with Crippen LogP contribution in [0.2, 0.25) is 0 Å². The minimum absolute atomic E-state index is 0.121. The first kappa shape index (κ1) is 15.4. The van der Waals surface area contributed by atoms with Crippen molar-refractivity contribution in [2.45, 2.75) is 13.0 Å². The van der Waals surface area contributed by atoms with Crippen molar-refractivity contribution in [3.05, 3.63) is 0 Å². The van der Waals surface area contributed by atoms with Crippen LogP contribution in [0.5, 0.6) is 0 Å². The lowest BCUT2D eigenvalue weighted by atomic mass is 10.2. The van der Waals surface area contributed by atoms with Crippen LogP contribution in [-0.2, 0) is 14.4 Å². The fourth-order valence-corrected chi connectivity index (χ4v) is 2.04. The maximum absolute atomic E-state index is 12.3. The standard InChI is InChI=1S/C11H21N5O3/c1-8(11(19)15-4-2-14-3-5-15)16(6-9(12)17)7-10(13)18/h8,14H,2-7H2,1H3,(H2,12,17)(H2,13,18). The summed E-state index contributed by atoms with van der Waals surface area (Å²) in [5.74, 6) is -1.31. The lowest BCUT2D eigenvalue weighted by molar-refractivity contribution is -0.138. The Kier molecular flexibility index (Phi) is 5.71. The van der Waals surface area contributed by atoms with Crippen LogP contribution in [0.25, 0.3) is 0 Å². The van der Waals surface area contributed by atoms with E-state index in [1.54, 1.807) is 11.8 Å². The molecule has 1 atom stereocenters. The number of nitrogens with one attached hydrogen (secondary N) is 1. The molecule has 0 aromatic heterocycles. The number of hydrogen-bond acceptors (Lipinski definition) is 5. The molecule has 1 heterocycles. The first-order valence-electron chi connectivity index (χ1n) is 6.22. The third-order valence-corrected chi connectivity index (χ3v) is 3.05. The maximum atomic E-state index is 12.3. The molecule has 0 aliphatic carbocycles. The van der Waals surface area contributed by atoms with Gasteiger partial charge in [0.2, 0.25) is 17.7 Å². The molecule has 0 spiro atoms. The Labute approximate surface area is 112 Å². The highest BCUT2D eigenvalue weighted by atomic mass is 16.2. The van der Waals surface area contributed by atoms with Gasteiger partial charge in [0.05, 0.1) is 19.1 Å². The van der Waals surface area contributed by atoms with Crippen LogP contribution in [-0.4, -0.2) is 72.8 Å². The van der Waals surface area contributed by atoms with Gasteiger partial charge < -0.3 is 21.7 Å². The molecule has 1 unspecified atom stereocenters. The maximum Gasteiger partial charge on any atom is 0.239 e. The van der Waals surface area contributed by atoms with Gasteiger partial charge in [-0.1, -0.05) is 0 Å². The van der Waals surface area contributed by atoms with Gasteiger partial charge in [-0.3, -0.25) is 19.3 Å². The molecule has 0 saturated carbocycles. The lowest BCUT2D eigenvalue weighted by Crippen LogP contribution is -2.55. The summed E-state index contributed by atoms with van der Waals surface area (Å²) in [5, 5.41) is 3.15. The van der Waals surface area contributed by atoms with Gasteiger partial charge in [0.1, 0.15) is 0 Å². The van der Waals surface area contributed by atoms with Crippen LogP contribution < -0.4 is 16.8 Å². The van der Waals surface area contributed by atoms with E-state index in [0.29, 0.717) is 13.1 Å². The zero-order valence-electron chi connectivity index (χ0n) is 11.1. The Hall–Kier alpha value is -1.67. The normalized spacial score (nSPS) is 17.3. The molecule has 3 amide bonds. The summed E-state index contributed by atoms with van der Waals surface area (Å²) in [6.45, 7) is 4.03. The van der Waals surface area contributed by atoms with E-state index in [9.17, 15) is 14.4 Å². The second-order valence-electron chi connectivity index (χ2n) is 4.59. The van der Waals surface area contributed by atoms with E-state index in [4.69, 9.17) is 11.5 Å². The number of carbonyl (C=O) groups is 3. The highest BCUT2D eigenvalue weighted by Crippen LogP contribution is 2.05. The number of piperazine rings is 1. The molecule has 8 nitrogen and oxygen atoms in total. The van der Waals surface area contributed by atoms with E-state index in [0.717, 1.165) is 13.1 Å². The molecule has 1 fully saturated rings. The van der Waals surface area contributed by atoms with Gasteiger partial charge in [0.25, 0.3) is 0 Å². The molecule has 1 aliphatic rings. The molecule has 0 aromatic carbocycles. The summed E-state index contributed by atoms with van der Waals surface area (Å²) in [7, 11) is 0. The summed E-state index contributed by atoms with van der Waals surface area (Å²) in [6.07, 6.45) is 0. The quantitative estimate of drug-likeness (QED) is 0.478. The Morgan fingerprint density at radius 3 is 2.05 bits per heavy atom. The number of nitrogens with zero attached hydrogens (tertiary/aromatic N) is 2. The van der Waals surface area contributed by atoms with Gasteiger partial charge in [-0.15, -0.1) is 0 Å². The van der Waals surface area contributed by atoms with Crippen molar-refractivity contribution in [1.82, 2.24) is 15.1 Å². The van der Waals surface area contributed by atoms with Crippen LogP contribution in [0.3, 0.4) is 0 Å². The van der Waals surface area contributed by atoms with Gasteiger partial charge >= 0.3 is 0 Å². The highest BCUT2D eigenvalue weighted by molar-refractivity contribution is 5.85. The zero-order valence-corrected chi connectivity index (χ0v) is 11.1. The highest BCUT2D eigenvalue weighted by Gasteiger charge is 2.28. The van der Waals surface area contributed by atoms with Crippen LogP contribution in [0.1, 0.15) is 6.92 Å². The van der Waals surface area contributed by atoms with E-state index in [1.165, 1.54) is 4.90 Å². The Balaban J connectivity index is 2.67. The van der Waals surface area contributed by atoms with Gasteiger partial charge in [-0.2, -0.15) is 0 Å². The van der Waals surface area contributed by atoms with Crippen molar-refractivity contribution in [2.75, 3.05) is 39.3 Å². The fourth-order valence-electron chi connectivity index (χ4n) is 2.04.